The molecule has 1 aliphatic carbocycles. The van der Waals surface area contributed by atoms with Gasteiger partial charge in [-0.15, -0.1) is 0 Å². The van der Waals surface area contributed by atoms with E-state index >= 15 is 0 Å². The molecule has 0 aromatic carbocycles. The van der Waals surface area contributed by atoms with E-state index in [4.69, 9.17) is 0 Å². The molecule has 2 aliphatic rings. The lowest BCUT2D eigenvalue weighted by atomic mass is 9.68. The number of hydrogen-bond acceptors (Lipinski definition) is 2. The Bertz CT molecular complexity index is 322. The zero-order valence-electron chi connectivity index (χ0n) is 12.4. The van der Waals surface area contributed by atoms with Crippen molar-refractivity contribution in [1.82, 2.24) is 10.2 Å². The van der Waals surface area contributed by atoms with E-state index in [0.29, 0.717) is 5.91 Å². The van der Waals surface area contributed by atoms with E-state index in [1.807, 2.05) is 0 Å². The number of hydrogen-bond donors (Lipinski definition) is 1. The maximum atomic E-state index is 12.8. The average Bonchev–Trinajstić information content (AvgIpc) is 2.26. The lowest BCUT2D eigenvalue weighted by molar-refractivity contribution is -0.143. The first-order chi connectivity index (χ1) is 8.32. The van der Waals surface area contributed by atoms with E-state index in [1.165, 1.54) is 19.3 Å². The summed E-state index contributed by atoms with van der Waals surface area (Å²) in [6.07, 6.45) is 4.77. The van der Waals surface area contributed by atoms with Crippen LogP contribution in [-0.2, 0) is 4.79 Å². The molecular formula is C15H28N2O. The van der Waals surface area contributed by atoms with Gasteiger partial charge in [-0.3, -0.25) is 4.79 Å². The molecular weight excluding hydrogens is 224 g/mol. The van der Waals surface area contributed by atoms with Crippen molar-refractivity contribution in [2.24, 2.45) is 11.3 Å². The number of carbonyl (C=O) groups is 1. The zero-order valence-corrected chi connectivity index (χ0v) is 12.4. The van der Waals surface area contributed by atoms with Gasteiger partial charge in [-0.1, -0.05) is 26.7 Å². The Morgan fingerprint density at radius 3 is 2.56 bits per heavy atom. The van der Waals surface area contributed by atoms with Crippen LogP contribution in [0.25, 0.3) is 0 Å². The predicted octanol–water partition coefficient (Wildman–Crippen LogP) is 2.41. The molecule has 1 N–H and O–H groups in total. The first-order valence-electron chi connectivity index (χ1n) is 7.36. The summed E-state index contributed by atoms with van der Waals surface area (Å²) in [6, 6.07) is 0. The van der Waals surface area contributed by atoms with Crippen LogP contribution in [0.3, 0.4) is 0 Å². The van der Waals surface area contributed by atoms with Crippen LogP contribution in [0.5, 0.6) is 0 Å². The van der Waals surface area contributed by atoms with E-state index in [0.717, 1.165) is 26.1 Å². The van der Waals surface area contributed by atoms with Crippen molar-refractivity contribution < 1.29 is 4.79 Å². The van der Waals surface area contributed by atoms with E-state index in [2.05, 4.69) is 37.9 Å². The number of rotatable bonds is 1. The summed E-state index contributed by atoms with van der Waals surface area (Å²) in [4.78, 5) is 14.8. The maximum absolute atomic E-state index is 12.8. The van der Waals surface area contributed by atoms with Crippen LogP contribution in [-0.4, -0.2) is 36.0 Å². The molecule has 104 valence electrons. The highest BCUT2D eigenvalue weighted by molar-refractivity contribution is 5.80. The second kappa shape index (κ2) is 4.84. The fourth-order valence-corrected chi connectivity index (χ4v) is 3.50. The van der Waals surface area contributed by atoms with Gasteiger partial charge in [0.15, 0.2) is 0 Å². The van der Waals surface area contributed by atoms with Crippen molar-refractivity contribution in [3.8, 4) is 0 Å². The van der Waals surface area contributed by atoms with Gasteiger partial charge < -0.3 is 10.2 Å². The van der Waals surface area contributed by atoms with Gasteiger partial charge in [0.2, 0.25) is 5.91 Å². The summed E-state index contributed by atoms with van der Waals surface area (Å²) < 4.78 is 0. The molecule has 0 radical (unpaired) electrons. The first kappa shape index (κ1) is 13.9. The van der Waals surface area contributed by atoms with E-state index in [9.17, 15) is 4.79 Å². The van der Waals surface area contributed by atoms with Crippen LogP contribution < -0.4 is 5.32 Å². The summed E-state index contributed by atoms with van der Waals surface area (Å²) in [5.74, 6) is 0.634. The third-order valence-electron chi connectivity index (χ3n) is 4.69. The highest BCUT2D eigenvalue weighted by atomic mass is 16.2. The predicted molar refractivity (Wildman–Crippen MR) is 74.4 cm³/mol. The Balaban J connectivity index is 2.06. The monoisotopic (exact) mass is 252 g/mol. The lowest BCUT2D eigenvalue weighted by Crippen LogP contribution is -2.60. The van der Waals surface area contributed by atoms with Gasteiger partial charge in [-0.2, -0.15) is 0 Å². The molecule has 1 atom stereocenters. The van der Waals surface area contributed by atoms with Gasteiger partial charge in [-0.05, 0) is 32.1 Å². The van der Waals surface area contributed by atoms with Crippen molar-refractivity contribution in [3.63, 3.8) is 0 Å². The summed E-state index contributed by atoms with van der Waals surface area (Å²) in [7, 11) is 0. The maximum Gasteiger partial charge on any atom is 0.226 e. The third-order valence-corrected chi connectivity index (χ3v) is 4.69. The number of nitrogens with zero attached hydrogens (tertiary/aromatic N) is 1. The number of amides is 1. The minimum Gasteiger partial charge on any atom is -0.339 e. The Hall–Kier alpha value is -0.570. The topological polar surface area (TPSA) is 32.3 Å². The molecule has 0 bridgehead atoms. The van der Waals surface area contributed by atoms with Crippen LogP contribution in [0, 0.1) is 11.3 Å². The molecule has 18 heavy (non-hydrogen) atoms. The molecule has 1 aliphatic heterocycles. The minimum atomic E-state index is 0.0622. The molecule has 1 heterocycles. The Morgan fingerprint density at radius 1 is 1.22 bits per heavy atom. The Morgan fingerprint density at radius 2 is 1.94 bits per heavy atom. The number of nitrogens with one attached hydrogen (secondary N) is 1. The van der Waals surface area contributed by atoms with Crippen LogP contribution in [0.2, 0.25) is 0 Å². The van der Waals surface area contributed by atoms with Gasteiger partial charge >= 0.3 is 0 Å². The first-order valence-corrected chi connectivity index (χ1v) is 7.36. The molecule has 3 nitrogen and oxygen atoms in total. The largest absolute Gasteiger partial charge is 0.339 e. The van der Waals surface area contributed by atoms with E-state index < -0.39 is 0 Å². The van der Waals surface area contributed by atoms with E-state index in [-0.39, 0.29) is 16.9 Å². The van der Waals surface area contributed by atoms with Gasteiger partial charge in [0.1, 0.15) is 0 Å². The number of piperazine rings is 1. The molecule has 1 amide bonds. The molecule has 2 fully saturated rings. The molecule has 1 unspecified atom stereocenters. The molecule has 0 spiro atoms. The molecule has 2 rings (SSSR count). The van der Waals surface area contributed by atoms with Crippen molar-refractivity contribution in [3.05, 3.63) is 0 Å². The summed E-state index contributed by atoms with van der Waals surface area (Å²) >= 11 is 0. The summed E-state index contributed by atoms with van der Waals surface area (Å²) in [5, 5.41) is 3.47. The standard InChI is InChI=1S/C15H28N2O/c1-14(2)8-6-5-7-12(14)13(18)17-10-9-16-15(3,4)11-17/h12,16H,5-11H2,1-4H3. The average molecular weight is 252 g/mol. The SMILES string of the molecule is CC1(C)CN(C(=O)C2CCCCC2(C)C)CCN1. The van der Waals surface area contributed by atoms with Crippen LogP contribution >= 0.6 is 0 Å². The third kappa shape index (κ3) is 2.87. The van der Waals surface area contributed by atoms with Crippen molar-refractivity contribution >= 4 is 5.91 Å². The fourth-order valence-electron chi connectivity index (χ4n) is 3.50. The fraction of sp³-hybridized carbons (Fsp3) is 0.933. The van der Waals surface area contributed by atoms with Crippen LogP contribution in [0.4, 0.5) is 0 Å². The van der Waals surface area contributed by atoms with Crippen molar-refractivity contribution in [1.29, 1.82) is 0 Å². The second-order valence-corrected chi connectivity index (χ2v) is 7.36. The Labute approximate surface area is 111 Å². The molecule has 1 saturated heterocycles. The summed E-state index contributed by atoms with van der Waals surface area (Å²) in [6.45, 7) is 11.5. The van der Waals surface area contributed by atoms with Gasteiger partial charge in [0, 0.05) is 31.1 Å². The number of carbonyl (C=O) groups excluding carboxylic acids is 1. The highest BCUT2D eigenvalue weighted by Crippen LogP contribution is 2.41. The van der Waals surface area contributed by atoms with Gasteiger partial charge in [-0.25, -0.2) is 0 Å². The molecule has 1 saturated carbocycles. The molecule has 0 aromatic heterocycles. The van der Waals surface area contributed by atoms with E-state index in [1.54, 1.807) is 0 Å². The molecule has 3 heteroatoms. The van der Waals surface area contributed by atoms with Gasteiger partial charge in [0.25, 0.3) is 0 Å². The smallest absolute Gasteiger partial charge is 0.226 e. The second-order valence-electron chi connectivity index (χ2n) is 7.36. The highest BCUT2D eigenvalue weighted by Gasteiger charge is 2.40. The zero-order chi connectivity index (χ0) is 13.4. The van der Waals surface area contributed by atoms with Crippen molar-refractivity contribution in [2.75, 3.05) is 19.6 Å². The molecule has 0 aromatic rings. The summed E-state index contributed by atoms with van der Waals surface area (Å²) in [5.41, 5.74) is 0.247. The minimum absolute atomic E-state index is 0.0622. The van der Waals surface area contributed by atoms with Crippen LogP contribution in [0.15, 0.2) is 0 Å². The lowest BCUT2D eigenvalue weighted by Gasteiger charge is -2.44. The van der Waals surface area contributed by atoms with Crippen molar-refractivity contribution in [2.45, 2.75) is 58.9 Å². The normalized spacial score (nSPS) is 31.1. The van der Waals surface area contributed by atoms with Gasteiger partial charge in [0.05, 0.1) is 0 Å². The quantitative estimate of drug-likeness (QED) is 0.777. The van der Waals surface area contributed by atoms with Crippen LogP contribution in [0.1, 0.15) is 53.4 Å². The Kier molecular flexibility index (Phi) is 3.72.